The van der Waals surface area contributed by atoms with Gasteiger partial charge in [-0.05, 0) is 6.07 Å². The summed E-state index contributed by atoms with van der Waals surface area (Å²) in [5, 5.41) is 0. The third kappa shape index (κ3) is 2.39. The Kier molecular flexibility index (Phi) is 3.19. The van der Waals surface area contributed by atoms with Gasteiger partial charge in [0.1, 0.15) is 5.82 Å². The monoisotopic (exact) mass is 275 g/mol. The lowest BCUT2D eigenvalue weighted by atomic mass is 10.1. The van der Waals surface area contributed by atoms with Crippen molar-refractivity contribution in [1.82, 2.24) is 19.9 Å². The molecule has 1 aliphatic rings. The van der Waals surface area contributed by atoms with E-state index in [1.807, 2.05) is 4.90 Å². The third-order valence-electron chi connectivity index (χ3n) is 3.42. The molecule has 3 heterocycles. The van der Waals surface area contributed by atoms with Crippen molar-refractivity contribution < 1.29 is 4.39 Å². The van der Waals surface area contributed by atoms with E-state index in [9.17, 15) is 9.18 Å². The van der Waals surface area contributed by atoms with Crippen LogP contribution in [0.2, 0.25) is 0 Å². The number of hydrogen-bond donors (Lipinski definition) is 2. The molecule has 0 aliphatic carbocycles. The maximum absolute atomic E-state index is 13.6. The Morgan fingerprint density at radius 3 is 3.15 bits per heavy atom. The number of fused-ring (bicyclic) bond motifs is 1. The zero-order valence-corrected chi connectivity index (χ0v) is 10.8. The maximum Gasteiger partial charge on any atom is 0.257 e. The van der Waals surface area contributed by atoms with Crippen molar-refractivity contribution in [1.29, 1.82) is 0 Å². The Morgan fingerprint density at radius 2 is 2.35 bits per heavy atom. The third-order valence-corrected chi connectivity index (χ3v) is 3.42. The van der Waals surface area contributed by atoms with Gasteiger partial charge >= 0.3 is 0 Å². The van der Waals surface area contributed by atoms with Gasteiger partial charge in [0.15, 0.2) is 0 Å². The van der Waals surface area contributed by atoms with Crippen LogP contribution in [0.3, 0.4) is 0 Å². The standard InChI is InChI=1S/C13H14FN5O/c14-10-5-16-3-1-8(10)6-19-4-2-11-9(7-19)12(20)18-13(15)17-11/h1,3,5H,2,4,6-7H2,(H3,15,17,18,20). The average molecular weight is 275 g/mol. The van der Waals surface area contributed by atoms with Crippen LogP contribution in [-0.4, -0.2) is 26.4 Å². The first-order valence-corrected chi connectivity index (χ1v) is 6.32. The van der Waals surface area contributed by atoms with E-state index in [0.29, 0.717) is 37.2 Å². The van der Waals surface area contributed by atoms with E-state index < -0.39 is 0 Å². The number of H-pyrrole nitrogens is 1. The molecule has 6 nitrogen and oxygen atoms in total. The predicted molar refractivity (Wildman–Crippen MR) is 71.3 cm³/mol. The molecule has 7 heteroatoms. The van der Waals surface area contributed by atoms with Crippen molar-refractivity contribution >= 4 is 5.95 Å². The number of hydrogen-bond acceptors (Lipinski definition) is 5. The second kappa shape index (κ2) is 5.01. The number of aromatic amines is 1. The molecular weight excluding hydrogens is 261 g/mol. The van der Waals surface area contributed by atoms with E-state index in [1.54, 1.807) is 12.3 Å². The van der Waals surface area contributed by atoms with E-state index in [4.69, 9.17) is 5.73 Å². The molecular formula is C13H14FN5O. The fourth-order valence-corrected chi connectivity index (χ4v) is 2.41. The molecule has 0 saturated carbocycles. The summed E-state index contributed by atoms with van der Waals surface area (Å²) in [5.41, 5.74) is 7.23. The zero-order valence-electron chi connectivity index (χ0n) is 10.8. The summed E-state index contributed by atoms with van der Waals surface area (Å²) >= 11 is 0. The van der Waals surface area contributed by atoms with E-state index in [1.165, 1.54) is 6.20 Å². The number of halogens is 1. The summed E-state index contributed by atoms with van der Waals surface area (Å²) in [7, 11) is 0. The second-order valence-corrected chi connectivity index (χ2v) is 4.80. The number of nitrogen functional groups attached to an aromatic ring is 1. The number of nitrogens with one attached hydrogen (secondary N) is 1. The molecule has 0 atom stereocenters. The van der Waals surface area contributed by atoms with Gasteiger partial charge in [0.25, 0.3) is 5.56 Å². The van der Waals surface area contributed by atoms with E-state index >= 15 is 0 Å². The summed E-state index contributed by atoms with van der Waals surface area (Å²) in [4.78, 5) is 24.2. The minimum absolute atomic E-state index is 0.141. The second-order valence-electron chi connectivity index (χ2n) is 4.80. The minimum atomic E-state index is -0.331. The molecule has 104 valence electrons. The Hall–Kier alpha value is -2.28. The van der Waals surface area contributed by atoms with Gasteiger partial charge in [0.2, 0.25) is 5.95 Å². The lowest BCUT2D eigenvalue weighted by molar-refractivity contribution is 0.238. The molecule has 2 aromatic heterocycles. The highest BCUT2D eigenvalue weighted by Gasteiger charge is 2.21. The molecule has 3 N–H and O–H groups in total. The topological polar surface area (TPSA) is 87.9 Å². The van der Waals surface area contributed by atoms with Crippen LogP contribution in [-0.2, 0) is 19.5 Å². The van der Waals surface area contributed by atoms with Gasteiger partial charge < -0.3 is 5.73 Å². The Balaban J connectivity index is 1.83. The van der Waals surface area contributed by atoms with E-state index in [2.05, 4.69) is 15.0 Å². The van der Waals surface area contributed by atoms with Crippen molar-refractivity contribution in [2.75, 3.05) is 12.3 Å². The molecule has 0 bridgehead atoms. The van der Waals surface area contributed by atoms with Gasteiger partial charge in [0, 0.05) is 37.8 Å². The van der Waals surface area contributed by atoms with Gasteiger partial charge in [-0.1, -0.05) is 0 Å². The molecule has 0 radical (unpaired) electrons. The Morgan fingerprint density at radius 1 is 1.50 bits per heavy atom. The number of nitrogens with zero attached hydrogens (tertiary/aromatic N) is 3. The highest BCUT2D eigenvalue weighted by atomic mass is 19.1. The molecule has 0 fully saturated rings. The Bertz CT molecular complexity index is 699. The largest absolute Gasteiger partial charge is 0.369 e. The van der Waals surface area contributed by atoms with Crippen LogP contribution in [0.1, 0.15) is 16.8 Å². The van der Waals surface area contributed by atoms with Crippen molar-refractivity contribution in [3.8, 4) is 0 Å². The molecule has 2 aromatic rings. The first kappa shape index (κ1) is 12.7. The lowest BCUT2D eigenvalue weighted by Gasteiger charge is -2.27. The summed E-state index contributed by atoms with van der Waals surface area (Å²) in [5.74, 6) is -0.190. The van der Waals surface area contributed by atoms with E-state index in [-0.39, 0.29) is 17.3 Å². The van der Waals surface area contributed by atoms with Crippen LogP contribution < -0.4 is 11.3 Å². The van der Waals surface area contributed by atoms with Crippen molar-refractivity contribution in [2.24, 2.45) is 0 Å². The minimum Gasteiger partial charge on any atom is -0.369 e. The van der Waals surface area contributed by atoms with Crippen LogP contribution in [0, 0.1) is 5.82 Å². The van der Waals surface area contributed by atoms with Crippen LogP contribution in [0.15, 0.2) is 23.3 Å². The predicted octanol–water partition coefficient (Wildman–Crippen LogP) is 0.444. The first-order valence-electron chi connectivity index (χ1n) is 6.32. The van der Waals surface area contributed by atoms with Crippen molar-refractivity contribution in [3.63, 3.8) is 0 Å². The quantitative estimate of drug-likeness (QED) is 0.830. The van der Waals surface area contributed by atoms with Crippen LogP contribution in [0.5, 0.6) is 0 Å². The van der Waals surface area contributed by atoms with Crippen LogP contribution in [0.4, 0.5) is 10.3 Å². The van der Waals surface area contributed by atoms with Gasteiger partial charge in [-0.3, -0.25) is 19.7 Å². The van der Waals surface area contributed by atoms with Crippen molar-refractivity contribution in [3.05, 3.63) is 51.5 Å². The normalized spacial score (nSPS) is 15.1. The van der Waals surface area contributed by atoms with E-state index in [0.717, 1.165) is 5.69 Å². The van der Waals surface area contributed by atoms with Crippen LogP contribution >= 0.6 is 0 Å². The first-order chi connectivity index (χ1) is 9.63. The molecule has 0 spiro atoms. The highest BCUT2D eigenvalue weighted by molar-refractivity contribution is 5.27. The molecule has 20 heavy (non-hydrogen) atoms. The smallest absolute Gasteiger partial charge is 0.257 e. The fraction of sp³-hybridized carbons (Fsp3) is 0.308. The maximum atomic E-state index is 13.6. The molecule has 0 saturated heterocycles. The van der Waals surface area contributed by atoms with Gasteiger partial charge in [-0.15, -0.1) is 0 Å². The summed E-state index contributed by atoms with van der Waals surface area (Å²) in [6.45, 7) is 1.60. The number of anilines is 1. The molecule has 0 amide bonds. The zero-order chi connectivity index (χ0) is 14.1. The fourth-order valence-electron chi connectivity index (χ4n) is 2.41. The molecule has 0 aromatic carbocycles. The SMILES string of the molecule is Nc1nc2c(c(=O)[nH]1)CN(Cc1ccncc1F)CC2. The van der Waals surface area contributed by atoms with Crippen LogP contribution in [0.25, 0.3) is 0 Å². The average Bonchev–Trinajstić information content (AvgIpc) is 2.42. The number of nitrogens with two attached hydrogens (primary N) is 1. The van der Waals surface area contributed by atoms with Crippen molar-refractivity contribution in [2.45, 2.75) is 19.5 Å². The summed E-state index contributed by atoms with van der Waals surface area (Å²) in [6.07, 6.45) is 3.39. The summed E-state index contributed by atoms with van der Waals surface area (Å²) < 4.78 is 13.6. The number of rotatable bonds is 2. The molecule has 0 unspecified atom stereocenters. The van der Waals surface area contributed by atoms with Gasteiger partial charge in [-0.2, -0.15) is 0 Å². The van der Waals surface area contributed by atoms with Gasteiger partial charge in [0.05, 0.1) is 17.5 Å². The number of pyridine rings is 1. The molecule has 1 aliphatic heterocycles. The lowest BCUT2D eigenvalue weighted by Crippen LogP contribution is -2.35. The Labute approximate surface area is 114 Å². The van der Waals surface area contributed by atoms with Gasteiger partial charge in [-0.25, -0.2) is 9.37 Å². The molecule has 3 rings (SSSR count). The summed E-state index contributed by atoms with van der Waals surface area (Å²) in [6, 6.07) is 1.65. The number of aromatic nitrogens is 3. The highest BCUT2D eigenvalue weighted by Crippen LogP contribution is 2.17.